The van der Waals surface area contributed by atoms with Gasteiger partial charge in [-0.25, -0.2) is 0 Å². The summed E-state index contributed by atoms with van der Waals surface area (Å²) in [6.45, 7) is 8.00. The first kappa shape index (κ1) is 20.3. The Hall–Kier alpha value is -2.01. The zero-order valence-corrected chi connectivity index (χ0v) is 16.4. The Morgan fingerprint density at radius 1 is 1.31 bits per heavy atom. The van der Waals surface area contributed by atoms with Crippen LogP contribution in [-0.2, 0) is 16.0 Å². The van der Waals surface area contributed by atoms with Crippen LogP contribution in [0.5, 0.6) is 0 Å². The Morgan fingerprint density at radius 2 is 2.04 bits per heavy atom. The summed E-state index contributed by atoms with van der Waals surface area (Å²) in [4.78, 5) is 15.6. The molecular weight excluding hydrogens is 326 g/mol. The van der Waals surface area contributed by atoms with Gasteiger partial charge < -0.3 is 19.9 Å². The highest BCUT2D eigenvalue weighted by Crippen LogP contribution is 2.21. The molecule has 1 saturated heterocycles. The quantitative estimate of drug-likeness (QED) is 0.513. The fraction of sp³-hybridized carbons (Fsp3) is 0.571. The Morgan fingerprint density at radius 3 is 2.69 bits per heavy atom. The van der Waals surface area contributed by atoms with Crippen LogP contribution in [0.1, 0.15) is 38.7 Å². The maximum atomic E-state index is 10.7. The number of nitrogens with one attached hydrogen (secondary N) is 1. The van der Waals surface area contributed by atoms with Crippen LogP contribution in [0.3, 0.4) is 0 Å². The number of piperidine rings is 1. The molecule has 26 heavy (non-hydrogen) atoms. The van der Waals surface area contributed by atoms with E-state index in [1.807, 2.05) is 25.1 Å². The Kier molecular flexibility index (Phi) is 8.48. The zero-order chi connectivity index (χ0) is 18.8. The molecule has 1 amide bonds. The van der Waals surface area contributed by atoms with E-state index in [0.717, 1.165) is 69.9 Å². The first-order valence-electron chi connectivity index (χ1n) is 9.75. The van der Waals surface area contributed by atoms with Gasteiger partial charge in [0.1, 0.15) is 0 Å². The lowest BCUT2D eigenvalue weighted by molar-refractivity contribution is -0.105. The number of carbonyl (C=O) groups excluding carboxylic acids is 1. The van der Waals surface area contributed by atoms with Gasteiger partial charge in [-0.2, -0.15) is 0 Å². The number of rotatable bonds is 10. The second kappa shape index (κ2) is 10.9. The van der Waals surface area contributed by atoms with Gasteiger partial charge in [0.25, 0.3) is 0 Å². The van der Waals surface area contributed by atoms with Gasteiger partial charge in [-0.1, -0.05) is 25.1 Å². The molecule has 5 heteroatoms. The van der Waals surface area contributed by atoms with E-state index >= 15 is 0 Å². The summed E-state index contributed by atoms with van der Waals surface area (Å²) >= 11 is 0. The lowest BCUT2D eigenvalue weighted by atomic mass is 10.0. The summed E-state index contributed by atoms with van der Waals surface area (Å²) in [6.07, 6.45) is 7.18. The van der Waals surface area contributed by atoms with Crippen molar-refractivity contribution < 1.29 is 9.53 Å². The number of hydrogen-bond donors (Lipinski definition) is 1. The van der Waals surface area contributed by atoms with Crippen LogP contribution < -0.4 is 5.32 Å². The molecular formula is C21H33N3O2. The van der Waals surface area contributed by atoms with E-state index in [9.17, 15) is 4.79 Å². The van der Waals surface area contributed by atoms with Gasteiger partial charge in [0.05, 0.1) is 6.61 Å². The molecule has 0 bridgehead atoms. The molecule has 1 N–H and O–H groups in total. The number of anilines is 1. The fourth-order valence-electron chi connectivity index (χ4n) is 3.55. The summed E-state index contributed by atoms with van der Waals surface area (Å²) in [5, 5.41) is 2.80. The predicted octanol–water partition coefficient (Wildman–Crippen LogP) is 3.48. The molecule has 0 saturated carbocycles. The van der Waals surface area contributed by atoms with Gasteiger partial charge in [0, 0.05) is 31.4 Å². The van der Waals surface area contributed by atoms with Gasteiger partial charge in [0.2, 0.25) is 6.41 Å². The van der Waals surface area contributed by atoms with Crippen molar-refractivity contribution in [1.29, 1.82) is 0 Å². The molecule has 1 aliphatic heterocycles. The fourth-order valence-corrected chi connectivity index (χ4v) is 3.55. The summed E-state index contributed by atoms with van der Waals surface area (Å²) in [7, 11) is 2.21. The Labute approximate surface area is 158 Å². The van der Waals surface area contributed by atoms with E-state index in [1.54, 1.807) is 0 Å². The molecule has 0 aliphatic carbocycles. The van der Waals surface area contributed by atoms with Gasteiger partial charge in [0.15, 0.2) is 5.88 Å². The average Bonchev–Trinajstić information content (AvgIpc) is 2.67. The van der Waals surface area contributed by atoms with Crippen LogP contribution in [0.4, 0.5) is 5.69 Å². The Balaban J connectivity index is 1.84. The van der Waals surface area contributed by atoms with Crippen molar-refractivity contribution in [2.75, 3.05) is 38.6 Å². The number of carbonyl (C=O) groups is 1. The van der Waals surface area contributed by atoms with Gasteiger partial charge in [-0.15, -0.1) is 0 Å². The molecule has 0 spiro atoms. The average molecular weight is 360 g/mol. The minimum atomic E-state index is 0.599. The molecule has 1 aliphatic rings. The summed E-state index contributed by atoms with van der Waals surface area (Å²) < 4.78 is 5.80. The summed E-state index contributed by atoms with van der Waals surface area (Å²) in [6, 6.07) is 8.62. The number of amides is 1. The van der Waals surface area contributed by atoms with Gasteiger partial charge >= 0.3 is 0 Å². The zero-order valence-electron chi connectivity index (χ0n) is 16.4. The van der Waals surface area contributed by atoms with Crippen molar-refractivity contribution >= 4 is 12.1 Å². The highest BCUT2D eigenvalue weighted by Gasteiger charge is 2.24. The number of hydrogen-bond acceptors (Lipinski definition) is 4. The van der Waals surface area contributed by atoms with Crippen LogP contribution in [-0.4, -0.2) is 55.5 Å². The normalized spacial score (nSPS) is 16.0. The van der Waals surface area contributed by atoms with Gasteiger partial charge in [-0.3, -0.25) is 4.79 Å². The SMILES string of the molecule is CC/C=C(/OCC)N1CCC(N(C)CCc2ccccc2NC=O)CC1. The second-order valence-electron chi connectivity index (χ2n) is 6.75. The molecule has 0 aromatic heterocycles. The van der Waals surface area contributed by atoms with E-state index in [1.165, 1.54) is 5.56 Å². The van der Waals surface area contributed by atoms with E-state index in [-0.39, 0.29) is 0 Å². The summed E-state index contributed by atoms with van der Waals surface area (Å²) in [5.41, 5.74) is 2.10. The molecule has 144 valence electrons. The monoisotopic (exact) mass is 359 g/mol. The minimum absolute atomic E-state index is 0.599. The maximum Gasteiger partial charge on any atom is 0.211 e. The molecule has 5 nitrogen and oxygen atoms in total. The van der Waals surface area contributed by atoms with Crippen LogP contribution in [0.2, 0.25) is 0 Å². The summed E-state index contributed by atoms with van der Waals surface area (Å²) in [5.74, 6) is 1.05. The molecule has 1 aromatic carbocycles. The molecule has 2 rings (SSSR count). The lowest BCUT2D eigenvalue weighted by Gasteiger charge is -2.38. The number of likely N-dealkylation sites (N-methyl/N-ethyl adjacent to an activating group) is 1. The van der Waals surface area contributed by atoms with Crippen molar-refractivity contribution in [1.82, 2.24) is 9.80 Å². The predicted molar refractivity (Wildman–Crippen MR) is 107 cm³/mol. The second-order valence-corrected chi connectivity index (χ2v) is 6.75. The van der Waals surface area contributed by atoms with Crippen LogP contribution in [0, 0.1) is 0 Å². The first-order chi connectivity index (χ1) is 12.7. The standard InChI is InChI=1S/C21H33N3O2/c1-4-8-21(26-5-2)24-15-12-19(13-16-24)23(3)14-11-18-9-6-7-10-20(18)22-17-25/h6-10,17,19H,4-5,11-16H2,1-3H3,(H,22,25)/b21-8+. The largest absolute Gasteiger partial charge is 0.480 e. The van der Waals surface area contributed by atoms with Crippen molar-refractivity contribution in [2.45, 2.75) is 45.6 Å². The van der Waals surface area contributed by atoms with Crippen LogP contribution in [0.15, 0.2) is 36.2 Å². The number of allylic oxidation sites excluding steroid dienone is 1. The molecule has 0 unspecified atom stereocenters. The minimum Gasteiger partial charge on any atom is -0.480 e. The molecule has 0 atom stereocenters. The number of para-hydroxylation sites is 1. The number of likely N-dealkylation sites (tertiary alicyclic amines) is 1. The lowest BCUT2D eigenvalue weighted by Crippen LogP contribution is -2.43. The smallest absolute Gasteiger partial charge is 0.211 e. The number of ether oxygens (including phenoxy) is 1. The topological polar surface area (TPSA) is 44.8 Å². The third-order valence-electron chi connectivity index (χ3n) is 5.04. The van der Waals surface area contributed by atoms with Crippen molar-refractivity contribution in [2.24, 2.45) is 0 Å². The van der Waals surface area contributed by atoms with E-state index in [2.05, 4.69) is 41.2 Å². The molecule has 0 radical (unpaired) electrons. The Bertz CT molecular complexity index is 580. The number of nitrogens with zero attached hydrogens (tertiary/aromatic N) is 2. The third kappa shape index (κ3) is 5.77. The van der Waals surface area contributed by atoms with E-state index in [4.69, 9.17) is 4.74 Å². The van der Waals surface area contributed by atoms with Crippen molar-refractivity contribution in [3.05, 3.63) is 41.8 Å². The van der Waals surface area contributed by atoms with Crippen molar-refractivity contribution in [3.63, 3.8) is 0 Å². The molecule has 1 heterocycles. The third-order valence-corrected chi connectivity index (χ3v) is 5.04. The van der Waals surface area contributed by atoms with Gasteiger partial charge in [-0.05, 0) is 57.4 Å². The first-order valence-corrected chi connectivity index (χ1v) is 9.75. The molecule has 1 fully saturated rings. The van der Waals surface area contributed by atoms with E-state index in [0.29, 0.717) is 6.04 Å². The van der Waals surface area contributed by atoms with Crippen LogP contribution in [0.25, 0.3) is 0 Å². The molecule has 1 aromatic rings. The number of benzene rings is 1. The maximum absolute atomic E-state index is 10.7. The van der Waals surface area contributed by atoms with Crippen LogP contribution >= 0.6 is 0 Å². The highest BCUT2D eigenvalue weighted by molar-refractivity contribution is 5.73. The van der Waals surface area contributed by atoms with E-state index < -0.39 is 0 Å². The highest BCUT2D eigenvalue weighted by atomic mass is 16.5. The van der Waals surface area contributed by atoms with Crippen molar-refractivity contribution in [3.8, 4) is 0 Å².